The molecule has 4 rings (SSSR count). The van der Waals surface area contributed by atoms with Crippen molar-refractivity contribution in [2.45, 2.75) is 39.7 Å². The first kappa shape index (κ1) is 26.2. The lowest BCUT2D eigenvalue weighted by Crippen LogP contribution is -2.56. The maximum atomic E-state index is 14.1. The van der Waals surface area contributed by atoms with Crippen molar-refractivity contribution in [2.24, 2.45) is 5.92 Å². The van der Waals surface area contributed by atoms with Gasteiger partial charge in [-0.15, -0.1) is 22.5 Å². The SMILES string of the molecule is C#C[C@@H](C)CCN1CN(C(C)C)C(=O)c2c(O)c(=O)c(-c3nnc(Cc4c(F)cc(F)cc4F)s3)cn21. The van der Waals surface area contributed by atoms with Gasteiger partial charge in [0, 0.05) is 48.8 Å². The second kappa shape index (κ2) is 10.3. The molecule has 0 saturated carbocycles. The van der Waals surface area contributed by atoms with E-state index in [1.54, 1.807) is 5.01 Å². The maximum absolute atomic E-state index is 14.1. The molecule has 0 aliphatic carbocycles. The van der Waals surface area contributed by atoms with Gasteiger partial charge in [-0.05, 0) is 20.3 Å². The largest absolute Gasteiger partial charge is 0.502 e. The van der Waals surface area contributed by atoms with E-state index in [0.29, 0.717) is 25.1 Å². The predicted octanol–water partition coefficient (Wildman–Crippen LogP) is 3.50. The van der Waals surface area contributed by atoms with Crippen LogP contribution in [0.15, 0.2) is 23.1 Å². The number of rotatable bonds is 7. The van der Waals surface area contributed by atoms with Crippen molar-refractivity contribution in [1.82, 2.24) is 19.8 Å². The highest BCUT2D eigenvalue weighted by molar-refractivity contribution is 7.14. The lowest BCUT2D eigenvalue weighted by atomic mass is 10.1. The molecule has 0 spiro atoms. The maximum Gasteiger partial charge on any atom is 0.278 e. The van der Waals surface area contributed by atoms with E-state index in [-0.39, 0.29) is 51.9 Å². The van der Waals surface area contributed by atoms with Crippen molar-refractivity contribution >= 4 is 17.2 Å². The summed E-state index contributed by atoms with van der Waals surface area (Å²) in [5.74, 6) is -1.80. The number of aromatic hydroxyl groups is 1. The molecular formula is C25H24F3N5O3S. The second-order valence-corrected chi connectivity index (χ2v) is 10.1. The number of aromatic nitrogens is 3. The van der Waals surface area contributed by atoms with Crippen molar-refractivity contribution in [1.29, 1.82) is 0 Å². The van der Waals surface area contributed by atoms with Crippen LogP contribution in [0.1, 0.15) is 48.3 Å². The van der Waals surface area contributed by atoms with Crippen LogP contribution in [-0.4, -0.2) is 50.0 Å². The Hall–Kier alpha value is -3.85. The van der Waals surface area contributed by atoms with Crippen LogP contribution in [0, 0.1) is 35.7 Å². The normalized spacial score (nSPS) is 14.2. The Balaban J connectivity index is 1.75. The van der Waals surface area contributed by atoms with Crippen LogP contribution in [0.4, 0.5) is 13.2 Å². The van der Waals surface area contributed by atoms with Crippen LogP contribution in [0.3, 0.4) is 0 Å². The lowest BCUT2D eigenvalue weighted by Gasteiger charge is -2.41. The topological polar surface area (TPSA) is 91.6 Å². The molecule has 1 amide bonds. The molecule has 0 fully saturated rings. The fraction of sp³-hybridized carbons (Fsp3) is 0.360. The predicted molar refractivity (Wildman–Crippen MR) is 132 cm³/mol. The van der Waals surface area contributed by atoms with Crippen molar-refractivity contribution < 1.29 is 23.1 Å². The van der Waals surface area contributed by atoms with Crippen LogP contribution < -0.4 is 10.4 Å². The van der Waals surface area contributed by atoms with Crippen LogP contribution in [0.25, 0.3) is 10.6 Å². The summed E-state index contributed by atoms with van der Waals surface area (Å²) in [4.78, 5) is 27.8. The summed E-state index contributed by atoms with van der Waals surface area (Å²) in [7, 11) is 0. The third kappa shape index (κ3) is 5.04. The van der Waals surface area contributed by atoms with Gasteiger partial charge >= 0.3 is 0 Å². The third-order valence-electron chi connectivity index (χ3n) is 6.11. The molecule has 194 valence electrons. The number of pyridine rings is 1. The van der Waals surface area contributed by atoms with Gasteiger partial charge in [0.15, 0.2) is 16.5 Å². The Bertz CT molecular complexity index is 1440. The number of benzene rings is 1. The van der Waals surface area contributed by atoms with Crippen molar-refractivity contribution in [3.63, 3.8) is 0 Å². The van der Waals surface area contributed by atoms with Crippen LogP contribution in [0.2, 0.25) is 0 Å². The number of terminal acetylenes is 1. The van der Waals surface area contributed by atoms with E-state index in [2.05, 4.69) is 16.1 Å². The summed E-state index contributed by atoms with van der Waals surface area (Å²) in [6.45, 7) is 6.18. The third-order valence-corrected chi connectivity index (χ3v) is 7.06. The lowest BCUT2D eigenvalue weighted by molar-refractivity contribution is 0.0629. The van der Waals surface area contributed by atoms with E-state index < -0.39 is 34.5 Å². The molecule has 1 aliphatic heterocycles. The minimum Gasteiger partial charge on any atom is -0.502 e. The van der Waals surface area contributed by atoms with Crippen LogP contribution in [0.5, 0.6) is 5.75 Å². The number of carbonyl (C=O) groups is 1. The molecule has 0 unspecified atom stereocenters. The van der Waals surface area contributed by atoms with Crippen molar-refractivity contribution in [2.75, 3.05) is 18.2 Å². The minimum atomic E-state index is -1.06. The number of hydrogen-bond donors (Lipinski definition) is 1. The summed E-state index contributed by atoms with van der Waals surface area (Å²) in [6.07, 6.45) is 7.19. The smallest absolute Gasteiger partial charge is 0.278 e. The first-order chi connectivity index (χ1) is 17.5. The standard InChI is InChI=1S/C25H24F3N5O3S/c1-5-14(4)6-7-31-12-32(13(2)3)25(36)21-23(35)22(34)17(11-33(21)31)24-30-29-20(37-24)10-16-18(27)8-15(26)9-19(16)28/h1,8-9,11,13-14,35H,6-7,10,12H2,2-4H3/t14-/m1/s1. The molecular weight excluding hydrogens is 507 g/mol. The number of carbonyl (C=O) groups excluding carboxylic acids is 1. The van der Waals surface area contributed by atoms with Gasteiger partial charge in [-0.2, -0.15) is 0 Å². The molecule has 0 saturated heterocycles. The van der Waals surface area contributed by atoms with E-state index in [1.165, 1.54) is 15.8 Å². The quantitative estimate of drug-likeness (QED) is 0.470. The zero-order chi connectivity index (χ0) is 27.0. The average molecular weight is 532 g/mol. The van der Waals surface area contributed by atoms with Gasteiger partial charge < -0.3 is 10.0 Å². The Morgan fingerprint density at radius 2 is 1.84 bits per heavy atom. The minimum absolute atomic E-state index is 0.0363. The summed E-state index contributed by atoms with van der Waals surface area (Å²) in [5, 5.41) is 20.8. The number of fused-ring (bicyclic) bond motifs is 1. The van der Waals surface area contributed by atoms with Gasteiger partial charge in [0.25, 0.3) is 5.91 Å². The molecule has 12 heteroatoms. The summed E-state index contributed by atoms with van der Waals surface area (Å²) in [5.41, 5.74) is -1.43. The van der Waals surface area contributed by atoms with Crippen LogP contribution in [-0.2, 0) is 6.42 Å². The summed E-state index contributed by atoms with van der Waals surface area (Å²) in [6, 6.07) is 0.948. The number of amides is 1. The highest BCUT2D eigenvalue weighted by Gasteiger charge is 2.35. The molecule has 3 aromatic rings. The molecule has 0 radical (unpaired) electrons. The fourth-order valence-electron chi connectivity index (χ4n) is 3.94. The Morgan fingerprint density at radius 1 is 1.16 bits per heavy atom. The molecule has 37 heavy (non-hydrogen) atoms. The Morgan fingerprint density at radius 3 is 2.46 bits per heavy atom. The molecule has 1 aliphatic rings. The van der Waals surface area contributed by atoms with Gasteiger partial charge in [-0.25, -0.2) is 13.2 Å². The number of nitrogens with zero attached hydrogens (tertiary/aromatic N) is 5. The second-order valence-electron chi connectivity index (χ2n) is 9.04. The van der Waals surface area contributed by atoms with E-state index >= 15 is 0 Å². The van der Waals surface area contributed by atoms with Gasteiger partial charge in [0.1, 0.15) is 29.1 Å². The van der Waals surface area contributed by atoms with E-state index in [4.69, 9.17) is 6.42 Å². The van der Waals surface area contributed by atoms with Gasteiger partial charge in [-0.1, -0.05) is 18.3 Å². The highest BCUT2D eigenvalue weighted by atomic mass is 32.1. The van der Waals surface area contributed by atoms with Crippen molar-refractivity contribution in [3.8, 4) is 28.7 Å². The van der Waals surface area contributed by atoms with Crippen molar-refractivity contribution in [3.05, 3.63) is 62.3 Å². The molecule has 8 nitrogen and oxygen atoms in total. The Kier molecular flexibility index (Phi) is 7.27. The zero-order valence-electron chi connectivity index (χ0n) is 20.3. The summed E-state index contributed by atoms with van der Waals surface area (Å²) >= 11 is 0.891. The Labute approximate surface area is 214 Å². The van der Waals surface area contributed by atoms with Gasteiger partial charge in [0.2, 0.25) is 5.43 Å². The zero-order valence-corrected chi connectivity index (χ0v) is 21.2. The first-order valence-electron chi connectivity index (χ1n) is 11.5. The molecule has 1 aromatic carbocycles. The molecule has 1 N–H and O–H groups in total. The molecule has 2 aromatic heterocycles. The van der Waals surface area contributed by atoms with E-state index in [0.717, 1.165) is 11.3 Å². The van der Waals surface area contributed by atoms with Crippen LogP contribution >= 0.6 is 11.3 Å². The average Bonchev–Trinajstić information content (AvgIpc) is 3.30. The number of halogens is 3. The van der Waals surface area contributed by atoms with Gasteiger partial charge in [-0.3, -0.25) is 19.3 Å². The monoisotopic (exact) mass is 531 g/mol. The molecule has 0 bridgehead atoms. The summed E-state index contributed by atoms with van der Waals surface area (Å²) < 4.78 is 42.8. The first-order valence-corrected chi connectivity index (χ1v) is 12.3. The highest BCUT2D eigenvalue weighted by Crippen LogP contribution is 2.29. The van der Waals surface area contributed by atoms with E-state index in [1.807, 2.05) is 20.8 Å². The molecule has 1 atom stereocenters. The van der Waals surface area contributed by atoms with E-state index in [9.17, 15) is 27.9 Å². The number of hydrogen-bond acceptors (Lipinski definition) is 7. The van der Waals surface area contributed by atoms with Gasteiger partial charge in [0.05, 0.1) is 5.56 Å². The molecule has 3 heterocycles. The fourth-order valence-corrected chi connectivity index (χ4v) is 4.79.